The highest BCUT2D eigenvalue weighted by molar-refractivity contribution is 6.25. The maximum absolute atomic E-state index is 5.43. The summed E-state index contributed by atoms with van der Waals surface area (Å²) in [6.45, 7) is 0. The summed E-state index contributed by atoms with van der Waals surface area (Å²) in [5, 5.41) is 7.77. The van der Waals surface area contributed by atoms with E-state index in [0.29, 0.717) is 0 Å². The summed E-state index contributed by atoms with van der Waals surface area (Å²) in [6, 6.07) is 67.1. The van der Waals surface area contributed by atoms with Crippen molar-refractivity contribution in [2.75, 3.05) is 0 Å². The second kappa shape index (κ2) is 10.2. The number of imidazole rings is 1. The fraction of sp³-hybridized carbons (Fsp3) is 0.0200. The molecule has 1 spiro atoms. The number of fused-ring (bicyclic) bond motifs is 18. The Balaban J connectivity index is 1.07. The van der Waals surface area contributed by atoms with Gasteiger partial charge in [-0.15, -0.1) is 0 Å². The topological polar surface area (TPSA) is 17.8 Å². The number of nitrogens with zero attached hydrogens (tertiary/aromatic N) is 2. The van der Waals surface area contributed by atoms with E-state index < -0.39 is 5.41 Å². The average Bonchev–Trinajstić information content (AvgIpc) is 3.84. The first kappa shape index (κ1) is 28.0. The number of benzene rings is 9. The van der Waals surface area contributed by atoms with E-state index in [1.54, 1.807) is 0 Å². The van der Waals surface area contributed by atoms with Crippen LogP contribution in [0.3, 0.4) is 0 Å². The lowest BCUT2D eigenvalue weighted by atomic mass is 9.72. The van der Waals surface area contributed by atoms with Crippen LogP contribution in [-0.4, -0.2) is 9.55 Å². The highest BCUT2D eigenvalue weighted by Crippen LogP contribution is 2.60. The number of aromatic nitrogens is 2. The highest BCUT2D eigenvalue weighted by Gasteiger charge is 2.54. The van der Waals surface area contributed by atoms with Crippen LogP contribution >= 0.6 is 0 Å². The third-order valence-electron chi connectivity index (χ3n) is 11.8. The Morgan fingerprint density at radius 1 is 0.365 bits per heavy atom. The Bertz CT molecular complexity index is 3060. The predicted molar refractivity (Wildman–Crippen MR) is 215 cm³/mol. The van der Waals surface area contributed by atoms with Crippen LogP contribution < -0.4 is 0 Å². The first-order chi connectivity index (χ1) is 25.8. The Morgan fingerprint density at radius 2 is 0.885 bits per heavy atom. The molecular weight excluding hydrogens is 629 g/mol. The van der Waals surface area contributed by atoms with Gasteiger partial charge in [0.1, 0.15) is 11.2 Å². The molecule has 2 nitrogen and oxygen atoms in total. The maximum atomic E-state index is 5.43. The highest BCUT2D eigenvalue weighted by atomic mass is 15.1. The van der Waals surface area contributed by atoms with E-state index in [1.807, 2.05) is 0 Å². The zero-order valence-corrected chi connectivity index (χ0v) is 28.2. The van der Waals surface area contributed by atoms with Gasteiger partial charge in [0.15, 0.2) is 0 Å². The standard InChI is InChI=1S/C50H30N2/c1-2-16-37-35(14-1)36-15-3-4-17-38(36)42-29-33(24-26-39(37)42)31-12-11-13-32(28-31)34-25-27-47-45(30-34)50(49-51-46-22-9-10-23-48(46)52(47)49)43-20-7-5-18-40(43)41-19-6-8-21-44(41)50/h1-30H. The van der Waals surface area contributed by atoms with E-state index in [0.717, 1.165) is 16.9 Å². The largest absolute Gasteiger partial charge is 0.295 e. The summed E-state index contributed by atoms with van der Waals surface area (Å²) in [5.74, 6) is 1.07. The van der Waals surface area contributed by atoms with E-state index in [-0.39, 0.29) is 0 Å². The summed E-state index contributed by atoms with van der Waals surface area (Å²) < 4.78 is 2.41. The van der Waals surface area contributed by atoms with Crippen molar-refractivity contribution in [3.05, 3.63) is 205 Å². The fourth-order valence-electron chi connectivity index (χ4n) is 9.58. The van der Waals surface area contributed by atoms with Crippen molar-refractivity contribution < 1.29 is 0 Å². The normalized spacial score (nSPS) is 13.5. The zero-order valence-electron chi connectivity index (χ0n) is 28.2. The van der Waals surface area contributed by atoms with Crippen LogP contribution in [0.2, 0.25) is 0 Å². The van der Waals surface area contributed by atoms with Gasteiger partial charge in [0.2, 0.25) is 0 Å². The van der Waals surface area contributed by atoms with Crippen molar-refractivity contribution >= 4 is 43.4 Å². The van der Waals surface area contributed by atoms with Crippen molar-refractivity contribution in [2.24, 2.45) is 0 Å². The lowest BCUT2D eigenvalue weighted by molar-refractivity contribution is 0.738. The van der Waals surface area contributed by atoms with E-state index in [1.165, 1.54) is 88.1 Å². The van der Waals surface area contributed by atoms with Crippen LogP contribution in [0.4, 0.5) is 0 Å². The molecule has 0 bridgehead atoms. The second-order valence-corrected chi connectivity index (χ2v) is 14.3. The molecule has 12 rings (SSSR count). The van der Waals surface area contributed by atoms with E-state index in [2.05, 4.69) is 187 Å². The molecule has 0 unspecified atom stereocenters. The molecule has 1 aliphatic carbocycles. The SMILES string of the molecule is c1cc(-c2ccc3c(c2)C2(c4ccccc4-c4ccccc42)c2nc4ccccc4n2-3)cc(-c2ccc3c4ccccc4c4ccccc4c3c2)c1. The number of hydrogen-bond acceptors (Lipinski definition) is 1. The summed E-state index contributed by atoms with van der Waals surface area (Å²) >= 11 is 0. The maximum Gasteiger partial charge on any atom is 0.134 e. The van der Waals surface area contributed by atoms with Crippen molar-refractivity contribution in [3.63, 3.8) is 0 Å². The van der Waals surface area contributed by atoms with Gasteiger partial charge in [0.05, 0.1) is 16.7 Å². The van der Waals surface area contributed by atoms with Crippen LogP contribution in [0.1, 0.15) is 22.5 Å². The van der Waals surface area contributed by atoms with E-state index in [4.69, 9.17) is 4.98 Å². The molecule has 2 heteroatoms. The van der Waals surface area contributed by atoms with Gasteiger partial charge in [-0.25, -0.2) is 4.98 Å². The number of hydrogen-bond donors (Lipinski definition) is 0. The van der Waals surface area contributed by atoms with E-state index >= 15 is 0 Å². The molecule has 0 radical (unpaired) electrons. The van der Waals surface area contributed by atoms with Gasteiger partial charge in [-0.3, -0.25) is 4.57 Å². The lowest BCUT2D eigenvalue weighted by Gasteiger charge is -2.27. The van der Waals surface area contributed by atoms with Crippen LogP contribution in [-0.2, 0) is 5.41 Å². The minimum atomic E-state index is -0.517. The molecule has 0 saturated heterocycles. The summed E-state index contributed by atoms with van der Waals surface area (Å²) in [5.41, 5.74) is 14.1. The fourth-order valence-corrected chi connectivity index (χ4v) is 9.58. The first-order valence-corrected chi connectivity index (χ1v) is 18.1. The molecule has 0 fully saturated rings. The minimum absolute atomic E-state index is 0.517. The lowest BCUT2D eigenvalue weighted by Crippen LogP contribution is -2.27. The third kappa shape index (κ3) is 3.51. The number of rotatable bonds is 2. The molecule has 0 saturated carbocycles. The van der Waals surface area contributed by atoms with Gasteiger partial charge in [0, 0.05) is 0 Å². The Kier molecular flexibility index (Phi) is 5.46. The molecular formula is C50H30N2. The number of para-hydroxylation sites is 2. The molecule has 9 aromatic carbocycles. The van der Waals surface area contributed by atoms with Crippen LogP contribution in [0, 0.1) is 0 Å². The smallest absolute Gasteiger partial charge is 0.134 e. The van der Waals surface area contributed by atoms with Gasteiger partial charge < -0.3 is 0 Å². The molecule has 10 aromatic rings. The average molecular weight is 659 g/mol. The summed E-state index contributed by atoms with van der Waals surface area (Å²) in [7, 11) is 0. The monoisotopic (exact) mass is 658 g/mol. The Hall–Kier alpha value is -6.77. The van der Waals surface area contributed by atoms with Crippen LogP contribution in [0.25, 0.3) is 82.4 Å². The molecule has 0 amide bonds. The van der Waals surface area contributed by atoms with E-state index in [9.17, 15) is 0 Å². The molecule has 2 aliphatic rings. The molecule has 0 N–H and O–H groups in total. The molecule has 0 atom stereocenters. The van der Waals surface area contributed by atoms with Gasteiger partial charge in [-0.1, -0.05) is 146 Å². The van der Waals surface area contributed by atoms with Crippen molar-refractivity contribution in [3.8, 4) is 39.1 Å². The second-order valence-electron chi connectivity index (χ2n) is 14.3. The predicted octanol–water partition coefficient (Wildman–Crippen LogP) is 12.5. The van der Waals surface area contributed by atoms with Gasteiger partial charge in [-0.2, -0.15) is 0 Å². The van der Waals surface area contributed by atoms with Crippen molar-refractivity contribution in [2.45, 2.75) is 5.41 Å². The molecule has 1 aromatic heterocycles. The summed E-state index contributed by atoms with van der Waals surface area (Å²) in [4.78, 5) is 5.43. The third-order valence-corrected chi connectivity index (χ3v) is 11.8. The molecule has 2 heterocycles. The molecule has 240 valence electrons. The van der Waals surface area contributed by atoms with Crippen molar-refractivity contribution in [1.82, 2.24) is 9.55 Å². The quantitative estimate of drug-likeness (QED) is 0.169. The molecule has 1 aliphatic heterocycles. The van der Waals surface area contributed by atoms with Gasteiger partial charge in [0.25, 0.3) is 0 Å². The van der Waals surface area contributed by atoms with Crippen molar-refractivity contribution in [1.29, 1.82) is 0 Å². The first-order valence-electron chi connectivity index (χ1n) is 18.1. The van der Waals surface area contributed by atoms with Gasteiger partial charge in [-0.05, 0) is 119 Å². The Labute approximate surface area is 300 Å². The zero-order chi connectivity index (χ0) is 34.0. The minimum Gasteiger partial charge on any atom is -0.295 e. The van der Waals surface area contributed by atoms with Gasteiger partial charge >= 0.3 is 0 Å². The van der Waals surface area contributed by atoms with Crippen LogP contribution in [0.15, 0.2) is 182 Å². The van der Waals surface area contributed by atoms with Crippen LogP contribution in [0.5, 0.6) is 0 Å². The Morgan fingerprint density at radius 3 is 1.58 bits per heavy atom. The summed E-state index contributed by atoms with van der Waals surface area (Å²) in [6.07, 6.45) is 0. The molecule has 52 heavy (non-hydrogen) atoms.